The molecule has 0 radical (unpaired) electrons. The van der Waals surface area contributed by atoms with Crippen LogP contribution in [-0.4, -0.2) is 49.0 Å². The van der Waals surface area contributed by atoms with Crippen molar-refractivity contribution in [2.75, 3.05) is 26.8 Å². The summed E-state index contributed by atoms with van der Waals surface area (Å²) in [5.74, 6) is 0.813. The monoisotopic (exact) mass is 293 g/mol. The minimum atomic E-state index is -0.490. The number of rotatable bonds is 6. The van der Waals surface area contributed by atoms with Crippen LogP contribution >= 0.6 is 0 Å². The van der Waals surface area contributed by atoms with Crippen molar-refractivity contribution in [2.24, 2.45) is 0 Å². The molecule has 0 spiro atoms. The fraction of sp³-hybridized carbons (Fsp3) is 0.647. The Labute approximate surface area is 127 Å². The number of hydrogen-bond acceptors (Lipinski definition) is 4. The van der Waals surface area contributed by atoms with Crippen molar-refractivity contribution in [3.8, 4) is 5.75 Å². The van der Waals surface area contributed by atoms with Crippen molar-refractivity contribution in [1.82, 2.24) is 4.90 Å². The Morgan fingerprint density at radius 2 is 2.05 bits per heavy atom. The molecule has 4 heteroatoms. The van der Waals surface area contributed by atoms with E-state index < -0.39 is 6.10 Å². The largest absolute Gasteiger partial charge is 0.497 e. The van der Waals surface area contributed by atoms with Gasteiger partial charge in [0.15, 0.2) is 0 Å². The van der Waals surface area contributed by atoms with Crippen LogP contribution in [0.4, 0.5) is 0 Å². The van der Waals surface area contributed by atoms with E-state index in [2.05, 4.69) is 11.8 Å². The quantitative estimate of drug-likeness (QED) is 0.875. The normalized spacial score (nSPS) is 22.8. The van der Waals surface area contributed by atoms with Crippen LogP contribution in [0.5, 0.6) is 5.75 Å². The SMILES string of the molecule is CCOC1CCCN(C(C)C(O)c2ccc(OC)cc2)C1. The summed E-state index contributed by atoms with van der Waals surface area (Å²) in [4.78, 5) is 2.33. The van der Waals surface area contributed by atoms with Crippen molar-refractivity contribution in [2.45, 2.75) is 44.9 Å². The van der Waals surface area contributed by atoms with Crippen LogP contribution in [0.2, 0.25) is 0 Å². The Morgan fingerprint density at radius 3 is 2.67 bits per heavy atom. The first kappa shape index (κ1) is 16.3. The maximum atomic E-state index is 10.6. The van der Waals surface area contributed by atoms with Crippen molar-refractivity contribution < 1.29 is 14.6 Å². The molecule has 2 rings (SSSR count). The smallest absolute Gasteiger partial charge is 0.118 e. The summed E-state index contributed by atoms with van der Waals surface area (Å²) >= 11 is 0. The van der Waals surface area contributed by atoms with Crippen LogP contribution in [0, 0.1) is 0 Å². The first-order valence-corrected chi connectivity index (χ1v) is 7.83. The topological polar surface area (TPSA) is 41.9 Å². The summed E-state index contributed by atoms with van der Waals surface area (Å²) in [7, 11) is 1.65. The van der Waals surface area contributed by atoms with E-state index in [0.29, 0.717) is 6.10 Å². The number of ether oxygens (including phenoxy) is 2. The fourth-order valence-electron chi connectivity index (χ4n) is 2.99. The zero-order valence-corrected chi connectivity index (χ0v) is 13.3. The summed E-state index contributed by atoms with van der Waals surface area (Å²) in [5.41, 5.74) is 0.932. The lowest BCUT2D eigenvalue weighted by Gasteiger charge is -2.38. The van der Waals surface area contributed by atoms with Gasteiger partial charge in [-0.1, -0.05) is 12.1 Å². The molecule has 1 aliphatic rings. The molecule has 1 saturated heterocycles. The number of benzene rings is 1. The molecule has 0 bridgehead atoms. The summed E-state index contributed by atoms with van der Waals surface area (Å²) in [6.07, 6.45) is 2.06. The highest BCUT2D eigenvalue weighted by Crippen LogP contribution is 2.26. The van der Waals surface area contributed by atoms with Crippen molar-refractivity contribution in [3.05, 3.63) is 29.8 Å². The Hall–Kier alpha value is -1.10. The van der Waals surface area contributed by atoms with Gasteiger partial charge in [-0.3, -0.25) is 4.90 Å². The number of aliphatic hydroxyl groups excluding tert-OH is 1. The zero-order chi connectivity index (χ0) is 15.2. The Kier molecular flexibility index (Phi) is 6.03. The van der Waals surface area contributed by atoms with E-state index in [1.54, 1.807) is 7.11 Å². The first-order chi connectivity index (χ1) is 10.2. The maximum absolute atomic E-state index is 10.6. The van der Waals surface area contributed by atoms with E-state index in [1.165, 1.54) is 0 Å². The van der Waals surface area contributed by atoms with Crippen LogP contribution in [0.1, 0.15) is 38.4 Å². The third-order valence-electron chi connectivity index (χ3n) is 4.30. The number of piperidine rings is 1. The minimum absolute atomic E-state index is 0.0849. The number of likely N-dealkylation sites (tertiary alicyclic amines) is 1. The van der Waals surface area contributed by atoms with E-state index in [0.717, 1.165) is 43.9 Å². The summed E-state index contributed by atoms with van der Waals surface area (Å²) in [5, 5.41) is 10.6. The fourth-order valence-corrected chi connectivity index (χ4v) is 2.99. The molecule has 0 saturated carbocycles. The van der Waals surface area contributed by atoms with Crippen molar-refractivity contribution >= 4 is 0 Å². The highest BCUT2D eigenvalue weighted by Gasteiger charge is 2.28. The van der Waals surface area contributed by atoms with Gasteiger partial charge in [-0.15, -0.1) is 0 Å². The molecule has 4 nitrogen and oxygen atoms in total. The molecule has 1 aliphatic heterocycles. The molecule has 1 heterocycles. The molecule has 1 aromatic rings. The van der Waals surface area contributed by atoms with Gasteiger partial charge >= 0.3 is 0 Å². The Morgan fingerprint density at radius 1 is 1.33 bits per heavy atom. The highest BCUT2D eigenvalue weighted by molar-refractivity contribution is 5.29. The molecule has 21 heavy (non-hydrogen) atoms. The predicted molar refractivity (Wildman–Crippen MR) is 83.6 cm³/mol. The van der Waals surface area contributed by atoms with E-state index in [4.69, 9.17) is 9.47 Å². The van der Waals surface area contributed by atoms with Gasteiger partial charge in [-0.2, -0.15) is 0 Å². The molecule has 3 atom stereocenters. The average Bonchev–Trinajstić information content (AvgIpc) is 2.54. The second-order valence-corrected chi connectivity index (χ2v) is 5.67. The predicted octanol–water partition coefficient (Wildman–Crippen LogP) is 2.62. The Bertz CT molecular complexity index is 419. The van der Waals surface area contributed by atoms with Crippen LogP contribution in [0.25, 0.3) is 0 Å². The summed E-state index contributed by atoms with van der Waals surface area (Å²) < 4.78 is 10.9. The summed E-state index contributed by atoms with van der Waals surface area (Å²) in [6, 6.07) is 7.74. The standard InChI is InChI=1S/C17H27NO3/c1-4-21-16-6-5-11-18(12-16)13(2)17(19)14-7-9-15(20-3)10-8-14/h7-10,13,16-17,19H,4-6,11-12H2,1-3H3. The lowest BCUT2D eigenvalue weighted by Crippen LogP contribution is -2.46. The second kappa shape index (κ2) is 7.78. The van der Waals surface area contributed by atoms with Crippen LogP contribution < -0.4 is 4.74 Å². The van der Waals surface area contributed by atoms with Crippen molar-refractivity contribution in [1.29, 1.82) is 0 Å². The molecule has 1 fully saturated rings. The molecule has 0 aromatic heterocycles. The van der Waals surface area contributed by atoms with E-state index in [1.807, 2.05) is 31.2 Å². The molecule has 1 N–H and O–H groups in total. The third-order valence-corrected chi connectivity index (χ3v) is 4.30. The number of nitrogens with zero attached hydrogens (tertiary/aromatic N) is 1. The third kappa shape index (κ3) is 4.19. The van der Waals surface area contributed by atoms with Gasteiger partial charge in [-0.05, 0) is 50.9 Å². The molecule has 0 aliphatic carbocycles. The maximum Gasteiger partial charge on any atom is 0.118 e. The zero-order valence-electron chi connectivity index (χ0n) is 13.3. The number of aliphatic hydroxyl groups is 1. The highest BCUT2D eigenvalue weighted by atomic mass is 16.5. The summed E-state index contributed by atoms with van der Waals surface area (Å²) in [6.45, 7) is 6.81. The average molecular weight is 293 g/mol. The van der Waals surface area contributed by atoms with Gasteiger partial charge in [0.25, 0.3) is 0 Å². The van der Waals surface area contributed by atoms with Gasteiger partial charge in [0, 0.05) is 19.2 Å². The Balaban J connectivity index is 1.98. The molecular weight excluding hydrogens is 266 g/mol. The van der Waals surface area contributed by atoms with Crippen LogP contribution in [-0.2, 0) is 4.74 Å². The molecular formula is C17H27NO3. The van der Waals surface area contributed by atoms with Gasteiger partial charge in [0.2, 0.25) is 0 Å². The lowest BCUT2D eigenvalue weighted by atomic mass is 9.99. The van der Waals surface area contributed by atoms with E-state index in [-0.39, 0.29) is 6.04 Å². The van der Waals surface area contributed by atoms with Gasteiger partial charge < -0.3 is 14.6 Å². The molecule has 3 unspecified atom stereocenters. The molecule has 0 amide bonds. The van der Waals surface area contributed by atoms with E-state index >= 15 is 0 Å². The lowest BCUT2D eigenvalue weighted by molar-refractivity contribution is -0.0288. The minimum Gasteiger partial charge on any atom is -0.497 e. The van der Waals surface area contributed by atoms with Crippen LogP contribution in [0.3, 0.4) is 0 Å². The van der Waals surface area contributed by atoms with Gasteiger partial charge in [0.1, 0.15) is 5.75 Å². The molecule has 1 aromatic carbocycles. The van der Waals surface area contributed by atoms with Gasteiger partial charge in [-0.25, -0.2) is 0 Å². The van der Waals surface area contributed by atoms with E-state index in [9.17, 15) is 5.11 Å². The van der Waals surface area contributed by atoms with Gasteiger partial charge in [0.05, 0.1) is 19.3 Å². The molecule has 118 valence electrons. The second-order valence-electron chi connectivity index (χ2n) is 5.67. The van der Waals surface area contributed by atoms with Crippen LogP contribution in [0.15, 0.2) is 24.3 Å². The van der Waals surface area contributed by atoms with Crippen molar-refractivity contribution in [3.63, 3.8) is 0 Å². The first-order valence-electron chi connectivity index (χ1n) is 7.83. The number of methoxy groups -OCH3 is 1. The number of hydrogen-bond donors (Lipinski definition) is 1.